The van der Waals surface area contributed by atoms with Gasteiger partial charge in [0.2, 0.25) is 0 Å². The van der Waals surface area contributed by atoms with Crippen molar-refractivity contribution in [3.05, 3.63) is 48.6 Å². The van der Waals surface area contributed by atoms with E-state index in [2.05, 4.69) is 13.2 Å². The third-order valence-electron chi connectivity index (χ3n) is 1.44. The molecule has 0 spiro atoms. The van der Waals surface area contributed by atoms with E-state index in [0.29, 0.717) is 0 Å². The fraction of sp³-hybridized carbons (Fsp3) is 0. The SMILES string of the molecule is C=Cc1ccccc1C=C.[KH]. The number of hydrogen-bond acceptors (Lipinski definition) is 0. The molecule has 0 N–H and O–H groups in total. The molecule has 52 valence electrons. The number of hydrogen-bond donors (Lipinski definition) is 0. The van der Waals surface area contributed by atoms with Crippen molar-refractivity contribution in [1.29, 1.82) is 0 Å². The average molecular weight is 170 g/mol. The first-order chi connectivity index (χ1) is 4.88. The number of benzene rings is 1. The van der Waals surface area contributed by atoms with Crippen LogP contribution >= 0.6 is 0 Å². The molecule has 0 unspecified atom stereocenters. The molecule has 1 aromatic rings. The Kier molecular flexibility index (Phi) is 6.10. The van der Waals surface area contributed by atoms with Crippen molar-refractivity contribution in [1.82, 2.24) is 0 Å². The summed E-state index contributed by atoms with van der Waals surface area (Å²) in [5.41, 5.74) is 2.27. The summed E-state index contributed by atoms with van der Waals surface area (Å²) in [6.45, 7) is 7.38. The first-order valence-corrected chi connectivity index (χ1v) is 3.22. The van der Waals surface area contributed by atoms with Crippen LogP contribution in [0.15, 0.2) is 37.4 Å². The predicted molar refractivity (Wildman–Crippen MR) is 53.8 cm³/mol. The van der Waals surface area contributed by atoms with Crippen molar-refractivity contribution >= 4 is 63.5 Å². The Labute approximate surface area is 110 Å². The van der Waals surface area contributed by atoms with Crippen molar-refractivity contribution in [3.63, 3.8) is 0 Å². The molecule has 1 aromatic carbocycles. The van der Waals surface area contributed by atoms with E-state index in [4.69, 9.17) is 0 Å². The van der Waals surface area contributed by atoms with E-state index in [1.807, 2.05) is 36.4 Å². The molecule has 0 saturated heterocycles. The van der Waals surface area contributed by atoms with Gasteiger partial charge >= 0.3 is 51.4 Å². The van der Waals surface area contributed by atoms with Crippen LogP contribution in [0.3, 0.4) is 0 Å². The summed E-state index contributed by atoms with van der Waals surface area (Å²) in [6, 6.07) is 8.02. The van der Waals surface area contributed by atoms with Gasteiger partial charge in [-0.25, -0.2) is 0 Å². The zero-order valence-corrected chi connectivity index (χ0v) is 5.88. The van der Waals surface area contributed by atoms with E-state index in [0.717, 1.165) is 11.1 Å². The molecule has 1 heteroatoms. The van der Waals surface area contributed by atoms with Gasteiger partial charge in [0, 0.05) is 0 Å². The minimum absolute atomic E-state index is 0. The molecule has 0 aliphatic heterocycles. The van der Waals surface area contributed by atoms with Gasteiger partial charge < -0.3 is 0 Å². The maximum absolute atomic E-state index is 3.69. The van der Waals surface area contributed by atoms with E-state index in [1.54, 1.807) is 0 Å². The summed E-state index contributed by atoms with van der Waals surface area (Å²) in [6.07, 6.45) is 3.66. The average Bonchev–Trinajstić information content (AvgIpc) is 2.04. The van der Waals surface area contributed by atoms with Crippen LogP contribution in [0, 0.1) is 0 Å². The van der Waals surface area contributed by atoms with E-state index in [1.165, 1.54) is 0 Å². The third kappa shape index (κ3) is 3.05. The van der Waals surface area contributed by atoms with Crippen LogP contribution in [0.25, 0.3) is 12.2 Å². The van der Waals surface area contributed by atoms with Gasteiger partial charge in [-0.2, -0.15) is 0 Å². The molecule has 0 fully saturated rings. The summed E-state index contributed by atoms with van der Waals surface area (Å²) in [7, 11) is 0. The third-order valence-corrected chi connectivity index (χ3v) is 1.44. The summed E-state index contributed by atoms with van der Waals surface area (Å²) in [4.78, 5) is 0. The van der Waals surface area contributed by atoms with E-state index in [-0.39, 0.29) is 51.4 Å². The van der Waals surface area contributed by atoms with Gasteiger partial charge in [-0.15, -0.1) is 0 Å². The van der Waals surface area contributed by atoms with Crippen LogP contribution in [0.2, 0.25) is 0 Å². The Hall–Kier alpha value is 0.336. The van der Waals surface area contributed by atoms with Crippen LogP contribution in [0.5, 0.6) is 0 Å². The van der Waals surface area contributed by atoms with Crippen molar-refractivity contribution in [2.45, 2.75) is 0 Å². The first kappa shape index (κ1) is 11.3. The molecular formula is C10H11K. The summed E-state index contributed by atoms with van der Waals surface area (Å²) in [5.74, 6) is 0. The van der Waals surface area contributed by atoms with Gasteiger partial charge in [-0.3, -0.25) is 0 Å². The Bertz CT molecular complexity index is 224. The van der Waals surface area contributed by atoms with E-state index in [9.17, 15) is 0 Å². The van der Waals surface area contributed by atoms with Crippen LogP contribution < -0.4 is 0 Å². The van der Waals surface area contributed by atoms with Gasteiger partial charge in [0.1, 0.15) is 0 Å². The molecule has 0 aliphatic carbocycles. The van der Waals surface area contributed by atoms with Crippen LogP contribution in [0.4, 0.5) is 0 Å². The summed E-state index contributed by atoms with van der Waals surface area (Å²) in [5, 5.41) is 0. The quantitative estimate of drug-likeness (QED) is 0.598. The second-order valence-corrected chi connectivity index (χ2v) is 2.04. The molecule has 0 saturated carbocycles. The van der Waals surface area contributed by atoms with Crippen molar-refractivity contribution in [3.8, 4) is 0 Å². The molecule has 0 heterocycles. The maximum atomic E-state index is 3.69. The zero-order valence-electron chi connectivity index (χ0n) is 5.88. The Morgan fingerprint density at radius 2 is 1.27 bits per heavy atom. The van der Waals surface area contributed by atoms with Gasteiger partial charge in [-0.05, 0) is 11.1 Å². The molecule has 0 bridgehead atoms. The second-order valence-electron chi connectivity index (χ2n) is 2.04. The van der Waals surface area contributed by atoms with Crippen LogP contribution in [0.1, 0.15) is 11.1 Å². The van der Waals surface area contributed by atoms with E-state index < -0.39 is 0 Å². The fourth-order valence-electron chi connectivity index (χ4n) is 0.883. The minimum atomic E-state index is 0. The molecule has 0 amide bonds. The van der Waals surface area contributed by atoms with Gasteiger partial charge in [0.05, 0.1) is 0 Å². The van der Waals surface area contributed by atoms with Gasteiger partial charge in [-0.1, -0.05) is 49.6 Å². The molecule has 11 heavy (non-hydrogen) atoms. The monoisotopic (exact) mass is 170 g/mol. The fourth-order valence-corrected chi connectivity index (χ4v) is 0.883. The molecule has 0 atom stereocenters. The Balaban J connectivity index is 0.000001000. The van der Waals surface area contributed by atoms with Crippen molar-refractivity contribution in [2.75, 3.05) is 0 Å². The Morgan fingerprint density at radius 1 is 0.909 bits per heavy atom. The predicted octanol–water partition coefficient (Wildman–Crippen LogP) is 2.32. The Morgan fingerprint density at radius 3 is 1.55 bits per heavy atom. The molecule has 0 aromatic heterocycles. The molecule has 0 nitrogen and oxygen atoms in total. The van der Waals surface area contributed by atoms with Crippen LogP contribution in [-0.2, 0) is 0 Å². The first-order valence-electron chi connectivity index (χ1n) is 3.22. The summed E-state index contributed by atoms with van der Waals surface area (Å²) >= 11 is 0. The van der Waals surface area contributed by atoms with Crippen molar-refractivity contribution in [2.24, 2.45) is 0 Å². The molecule has 1 rings (SSSR count). The zero-order chi connectivity index (χ0) is 7.40. The molecular weight excluding hydrogens is 159 g/mol. The van der Waals surface area contributed by atoms with Gasteiger partial charge in [0.15, 0.2) is 0 Å². The van der Waals surface area contributed by atoms with Gasteiger partial charge in [0.25, 0.3) is 0 Å². The van der Waals surface area contributed by atoms with Crippen molar-refractivity contribution < 1.29 is 0 Å². The summed E-state index contributed by atoms with van der Waals surface area (Å²) < 4.78 is 0. The normalized spacial score (nSPS) is 8.00. The topological polar surface area (TPSA) is 0 Å². The molecule has 0 radical (unpaired) electrons. The number of rotatable bonds is 2. The molecule has 0 aliphatic rings. The standard InChI is InChI=1S/C10H10.K.H/c1-3-9-7-5-6-8-10(9)4-2;;/h3-8H,1-2H2;;. The van der Waals surface area contributed by atoms with E-state index >= 15 is 0 Å². The van der Waals surface area contributed by atoms with Crippen LogP contribution in [-0.4, -0.2) is 51.4 Å². The second kappa shape index (κ2) is 5.92.